The number of amides is 1. The van der Waals surface area contributed by atoms with E-state index in [1.165, 1.54) is 11.3 Å². The zero-order chi connectivity index (χ0) is 21.0. The summed E-state index contributed by atoms with van der Waals surface area (Å²) in [5.41, 5.74) is 2.18. The summed E-state index contributed by atoms with van der Waals surface area (Å²) in [6, 6.07) is 7.00. The van der Waals surface area contributed by atoms with E-state index in [1.54, 1.807) is 12.1 Å². The van der Waals surface area contributed by atoms with Crippen molar-refractivity contribution in [2.45, 2.75) is 27.7 Å². The first-order valence-electron chi connectivity index (χ1n) is 9.41. The Morgan fingerprint density at radius 2 is 1.66 bits per heavy atom. The SMILES string of the molecule is CCOc1cc(C(=O)Nc2nc3c(C)cc(Cl)cc3s2)cc(OCC)c1OCC. The Balaban J connectivity index is 1.94. The number of nitrogens with one attached hydrogen (secondary N) is 1. The molecule has 154 valence electrons. The second-order valence-corrected chi connectivity index (χ2v) is 7.61. The lowest BCUT2D eigenvalue weighted by Crippen LogP contribution is -2.13. The minimum atomic E-state index is -0.308. The molecular weight excluding hydrogens is 412 g/mol. The standard InChI is InChI=1S/C21H23ClN2O4S/c1-5-26-15-9-13(10-16(27-6-2)19(15)28-7-3)20(25)24-21-23-18-12(4)8-14(22)11-17(18)29-21/h8-11H,5-7H2,1-4H3,(H,23,24,25). The van der Waals surface area contributed by atoms with E-state index in [9.17, 15) is 4.79 Å². The number of nitrogens with zero attached hydrogens (tertiary/aromatic N) is 1. The van der Waals surface area contributed by atoms with E-state index in [1.807, 2.05) is 39.8 Å². The summed E-state index contributed by atoms with van der Waals surface area (Å²) in [5, 5.41) is 4.00. The predicted molar refractivity (Wildman–Crippen MR) is 117 cm³/mol. The lowest BCUT2D eigenvalue weighted by atomic mass is 10.1. The zero-order valence-corrected chi connectivity index (χ0v) is 18.4. The van der Waals surface area contributed by atoms with Crippen LogP contribution in [0.1, 0.15) is 36.7 Å². The van der Waals surface area contributed by atoms with Crippen molar-refractivity contribution < 1.29 is 19.0 Å². The highest BCUT2D eigenvalue weighted by atomic mass is 35.5. The lowest BCUT2D eigenvalue weighted by Gasteiger charge is -2.16. The van der Waals surface area contributed by atoms with Crippen molar-refractivity contribution in [1.29, 1.82) is 0 Å². The number of aryl methyl sites for hydroxylation is 1. The molecule has 29 heavy (non-hydrogen) atoms. The molecule has 3 aromatic rings. The molecule has 6 nitrogen and oxygen atoms in total. The zero-order valence-electron chi connectivity index (χ0n) is 16.8. The lowest BCUT2D eigenvalue weighted by molar-refractivity contribution is 0.102. The van der Waals surface area contributed by atoms with Crippen LogP contribution in [0.5, 0.6) is 17.2 Å². The molecule has 0 saturated carbocycles. The summed E-state index contributed by atoms with van der Waals surface area (Å²) in [6.07, 6.45) is 0. The molecule has 2 aromatic carbocycles. The first kappa shape index (κ1) is 21.2. The van der Waals surface area contributed by atoms with Gasteiger partial charge in [0, 0.05) is 10.6 Å². The van der Waals surface area contributed by atoms with Gasteiger partial charge in [0.1, 0.15) is 0 Å². The molecule has 0 spiro atoms. The van der Waals surface area contributed by atoms with Gasteiger partial charge in [-0.3, -0.25) is 10.1 Å². The quantitative estimate of drug-likeness (QED) is 0.492. The molecule has 8 heteroatoms. The van der Waals surface area contributed by atoms with Gasteiger partial charge < -0.3 is 14.2 Å². The normalized spacial score (nSPS) is 10.8. The molecule has 0 aliphatic rings. The maximum Gasteiger partial charge on any atom is 0.257 e. The Kier molecular flexibility index (Phi) is 6.82. The molecule has 0 aliphatic heterocycles. The monoisotopic (exact) mass is 434 g/mol. The highest BCUT2D eigenvalue weighted by molar-refractivity contribution is 7.22. The largest absolute Gasteiger partial charge is 0.490 e. The summed E-state index contributed by atoms with van der Waals surface area (Å²) < 4.78 is 18.0. The molecule has 1 amide bonds. The Morgan fingerprint density at radius 1 is 1.03 bits per heavy atom. The number of carbonyl (C=O) groups is 1. The number of rotatable bonds is 8. The molecular formula is C21H23ClN2O4S. The Labute approximate surface area is 178 Å². The van der Waals surface area contributed by atoms with Crippen LogP contribution in [0, 0.1) is 6.92 Å². The number of ether oxygens (including phenoxy) is 3. The van der Waals surface area contributed by atoms with E-state index < -0.39 is 0 Å². The molecule has 1 aromatic heterocycles. The van der Waals surface area contributed by atoms with Gasteiger partial charge in [-0.2, -0.15) is 0 Å². The number of carbonyl (C=O) groups excluding carboxylic acids is 1. The van der Waals surface area contributed by atoms with Crippen LogP contribution in [-0.4, -0.2) is 30.7 Å². The number of aromatic nitrogens is 1. The van der Waals surface area contributed by atoms with E-state index in [4.69, 9.17) is 25.8 Å². The smallest absolute Gasteiger partial charge is 0.257 e. The number of benzene rings is 2. The molecule has 0 bridgehead atoms. The third-order valence-corrected chi connectivity index (χ3v) is 5.18. The van der Waals surface area contributed by atoms with Crippen LogP contribution in [0.4, 0.5) is 5.13 Å². The first-order valence-corrected chi connectivity index (χ1v) is 10.6. The van der Waals surface area contributed by atoms with Crippen molar-refractivity contribution in [3.8, 4) is 17.2 Å². The van der Waals surface area contributed by atoms with E-state index in [-0.39, 0.29) is 5.91 Å². The third kappa shape index (κ3) is 4.74. The average molecular weight is 435 g/mol. The summed E-state index contributed by atoms with van der Waals surface area (Å²) in [4.78, 5) is 17.4. The fourth-order valence-corrected chi connectivity index (χ4v) is 4.21. The van der Waals surface area contributed by atoms with Gasteiger partial charge in [0.15, 0.2) is 16.6 Å². The highest BCUT2D eigenvalue weighted by Gasteiger charge is 2.19. The summed E-state index contributed by atoms with van der Waals surface area (Å²) in [7, 11) is 0. The second kappa shape index (κ2) is 9.33. The molecule has 3 rings (SSSR count). The predicted octanol–water partition coefficient (Wildman–Crippen LogP) is 5.71. The maximum absolute atomic E-state index is 12.9. The van der Waals surface area contributed by atoms with Crippen LogP contribution in [0.3, 0.4) is 0 Å². The van der Waals surface area contributed by atoms with E-state index in [0.717, 1.165) is 15.8 Å². The highest BCUT2D eigenvalue weighted by Crippen LogP contribution is 2.39. The molecule has 0 atom stereocenters. The van der Waals surface area contributed by atoms with Crippen molar-refractivity contribution in [1.82, 2.24) is 4.98 Å². The van der Waals surface area contributed by atoms with Crippen molar-refractivity contribution in [2.24, 2.45) is 0 Å². The Morgan fingerprint density at radius 3 is 2.24 bits per heavy atom. The van der Waals surface area contributed by atoms with E-state index in [2.05, 4.69) is 10.3 Å². The molecule has 1 heterocycles. The third-order valence-electron chi connectivity index (χ3n) is 4.04. The first-order chi connectivity index (χ1) is 14.0. The van der Waals surface area contributed by atoms with Gasteiger partial charge in [-0.25, -0.2) is 4.98 Å². The number of anilines is 1. The summed E-state index contributed by atoms with van der Waals surface area (Å²) >= 11 is 7.50. The van der Waals surface area contributed by atoms with Gasteiger partial charge in [0.25, 0.3) is 5.91 Å². The fraction of sp³-hybridized carbons (Fsp3) is 0.333. The molecule has 1 N–H and O–H groups in total. The summed E-state index contributed by atoms with van der Waals surface area (Å²) in [5.74, 6) is 1.13. The van der Waals surface area contributed by atoms with Crippen LogP contribution >= 0.6 is 22.9 Å². The van der Waals surface area contributed by atoms with Crippen LogP contribution in [0.15, 0.2) is 24.3 Å². The average Bonchev–Trinajstić information content (AvgIpc) is 3.07. The van der Waals surface area contributed by atoms with Crippen molar-refractivity contribution in [3.63, 3.8) is 0 Å². The minimum Gasteiger partial charge on any atom is -0.490 e. The van der Waals surface area contributed by atoms with Gasteiger partial charge in [-0.05, 0) is 57.5 Å². The van der Waals surface area contributed by atoms with E-state index >= 15 is 0 Å². The molecule has 0 saturated heterocycles. The van der Waals surface area contributed by atoms with Crippen LogP contribution in [0.25, 0.3) is 10.2 Å². The molecule has 0 fully saturated rings. The Hall–Kier alpha value is -2.51. The molecule has 0 aliphatic carbocycles. The van der Waals surface area contributed by atoms with E-state index in [0.29, 0.717) is 52.8 Å². The maximum atomic E-state index is 12.9. The fourth-order valence-electron chi connectivity index (χ4n) is 2.90. The van der Waals surface area contributed by atoms with Crippen molar-refractivity contribution >= 4 is 44.2 Å². The van der Waals surface area contributed by atoms with Crippen LogP contribution < -0.4 is 19.5 Å². The number of thiazole rings is 1. The van der Waals surface area contributed by atoms with Gasteiger partial charge in [0.05, 0.1) is 30.0 Å². The van der Waals surface area contributed by atoms with Gasteiger partial charge in [-0.15, -0.1) is 0 Å². The number of halogens is 1. The topological polar surface area (TPSA) is 69.7 Å². The van der Waals surface area contributed by atoms with Gasteiger partial charge in [-0.1, -0.05) is 22.9 Å². The molecule has 0 radical (unpaired) electrons. The Bertz CT molecular complexity index is 1010. The number of hydrogen-bond acceptors (Lipinski definition) is 6. The molecule has 0 unspecified atom stereocenters. The van der Waals surface area contributed by atoms with Gasteiger partial charge in [0.2, 0.25) is 5.75 Å². The van der Waals surface area contributed by atoms with Crippen molar-refractivity contribution in [2.75, 3.05) is 25.1 Å². The van der Waals surface area contributed by atoms with Crippen molar-refractivity contribution in [3.05, 3.63) is 40.4 Å². The number of fused-ring (bicyclic) bond motifs is 1. The number of hydrogen-bond donors (Lipinski definition) is 1. The van der Waals surface area contributed by atoms with Crippen LogP contribution in [-0.2, 0) is 0 Å². The minimum absolute atomic E-state index is 0.308. The van der Waals surface area contributed by atoms with Crippen LogP contribution in [0.2, 0.25) is 5.02 Å². The second-order valence-electron chi connectivity index (χ2n) is 6.14. The van der Waals surface area contributed by atoms with Gasteiger partial charge >= 0.3 is 0 Å². The summed E-state index contributed by atoms with van der Waals surface area (Å²) in [6.45, 7) is 8.90.